The number of nitrogens with one attached hydrogen (secondary N) is 2. The van der Waals surface area contributed by atoms with Crippen LogP contribution in [0.15, 0.2) is 18.2 Å². The third kappa shape index (κ3) is 3.21. The number of aromatic nitrogens is 1. The van der Waals surface area contributed by atoms with Gasteiger partial charge in [0.05, 0.1) is 16.0 Å². The first-order chi connectivity index (χ1) is 8.54. The Bertz CT molecular complexity index is 609. The third-order valence-electron chi connectivity index (χ3n) is 2.05. The van der Waals surface area contributed by atoms with Gasteiger partial charge in [-0.1, -0.05) is 11.8 Å². The Morgan fingerprint density at radius 1 is 1.61 bits per heavy atom. The molecule has 2 aromatic rings. The average molecular weight is 281 g/mol. The zero-order valence-electron chi connectivity index (χ0n) is 9.56. The fourth-order valence-electron chi connectivity index (χ4n) is 1.35. The van der Waals surface area contributed by atoms with E-state index in [-0.39, 0.29) is 16.8 Å². The number of benzene rings is 1. The molecule has 0 unspecified atom stereocenters. The lowest BCUT2D eigenvalue weighted by atomic mass is 10.3. The van der Waals surface area contributed by atoms with Gasteiger partial charge >= 0.3 is 0 Å². The maximum atomic E-state index is 10.7. The number of amidine groups is 1. The first kappa shape index (κ1) is 12.8. The van der Waals surface area contributed by atoms with Gasteiger partial charge in [0.1, 0.15) is 10.8 Å². The van der Waals surface area contributed by atoms with Gasteiger partial charge in [-0.15, -0.1) is 11.3 Å². The van der Waals surface area contributed by atoms with Crippen molar-refractivity contribution < 1.29 is 9.90 Å². The van der Waals surface area contributed by atoms with Crippen LogP contribution in [0.2, 0.25) is 0 Å². The Balaban J connectivity index is 2.04. The van der Waals surface area contributed by atoms with E-state index in [1.54, 1.807) is 18.2 Å². The van der Waals surface area contributed by atoms with Crippen molar-refractivity contribution in [2.45, 2.75) is 12.7 Å². The summed E-state index contributed by atoms with van der Waals surface area (Å²) in [5.41, 5.74) is 0.833. The monoisotopic (exact) mass is 281 g/mol. The first-order valence-electron chi connectivity index (χ1n) is 5.12. The van der Waals surface area contributed by atoms with E-state index >= 15 is 0 Å². The summed E-state index contributed by atoms with van der Waals surface area (Å²) >= 11 is 2.69. The van der Waals surface area contributed by atoms with E-state index < -0.39 is 0 Å². The number of hydrogen-bond acceptors (Lipinski definition) is 6. The second kappa shape index (κ2) is 5.36. The van der Waals surface area contributed by atoms with Crippen LogP contribution in [0.4, 0.5) is 0 Å². The number of phenols is 1. The van der Waals surface area contributed by atoms with Crippen molar-refractivity contribution in [1.82, 2.24) is 10.3 Å². The highest BCUT2D eigenvalue weighted by molar-refractivity contribution is 8.13. The minimum atomic E-state index is -0.248. The number of thioether (sulfide) groups is 1. The molecule has 0 fully saturated rings. The molecule has 0 aliphatic rings. The summed E-state index contributed by atoms with van der Waals surface area (Å²) in [5.74, 6) is 0.497. The lowest BCUT2D eigenvalue weighted by Gasteiger charge is -2.00. The van der Waals surface area contributed by atoms with E-state index in [0.717, 1.165) is 15.2 Å². The summed E-state index contributed by atoms with van der Waals surface area (Å²) in [6, 6.07) is 5.02. The highest BCUT2D eigenvalue weighted by Gasteiger charge is 2.07. The number of thiazole rings is 1. The number of carbonyl (C=O) groups is 1. The van der Waals surface area contributed by atoms with Crippen LogP contribution in [-0.4, -0.2) is 21.2 Å². The molecule has 0 saturated heterocycles. The molecule has 0 saturated carbocycles. The van der Waals surface area contributed by atoms with E-state index in [9.17, 15) is 9.90 Å². The molecule has 1 heterocycles. The molecule has 3 N–H and O–H groups in total. The van der Waals surface area contributed by atoms with Gasteiger partial charge in [0.2, 0.25) is 5.91 Å². The Morgan fingerprint density at radius 3 is 3.11 bits per heavy atom. The van der Waals surface area contributed by atoms with E-state index in [1.165, 1.54) is 30.0 Å². The van der Waals surface area contributed by atoms with Crippen LogP contribution < -0.4 is 5.32 Å². The van der Waals surface area contributed by atoms with Crippen molar-refractivity contribution in [1.29, 1.82) is 5.41 Å². The SMILES string of the molecule is CC(=O)NC(=N)SCc1nc2ccc(O)cc2s1. The maximum Gasteiger partial charge on any atom is 0.222 e. The van der Waals surface area contributed by atoms with Gasteiger partial charge in [0, 0.05) is 6.92 Å². The number of hydrogen-bond donors (Lipinski definition) is 3. The molecule has 0 aliphatic carbocycles. The summed E-state index contributed by atoms with van der Waals surface area (Å²) in [5, 5.41) is 20.2. The first-order valence-corrected chi connectivity index (χ1v) is 6.92. The van der Waals surface area contributed by atoms with Crippen molar-refractivity contribution in [3.8, 4) is 5.75 Å². The average Bonchev–Trinajstić information content (AvgIpc) is 2.67. The van der Waals surface area contributed by atoms with Crippen molar-refractivity contribution in [3.05, 3.63) is 23.2 Å². The van der Waals surface area contributed by atoms with E-state index in [1.807, 2.05) is 0 Å². The minimum Gasteiger partial charge on any atom is -0.508 e. The molecule has 1 amide bonds. The van der Waals surface area contributed by atoms with E-state index in [0.29, 0.717) is 5.75 Å². The van der Waals surface area contributed by atoms with Crippen LogP contribution in [0, 0.1) is 5.41 Å². The number of rotatable bonds is 2. The molecule has 5 nitrogen and oxygen atoms in total. The Labute approximate surface area is 112 Å². The zero-order valence-corrected chi connectivity index (χ0v) is 11.2. The molecule has 0 radical (unpaired) electrons. The van der Waals surface area contributed by atoms with Gasteiger partial charge in [-0.2, -0.15) is 0 Å². The van der Waals surface area contributed by atoms with Crippen LogP contribution in [0.1, 0.15) is 11.9 Å². The van der Waals surface area contributed by atoms with Gasteiger partial charge in [0.25, 0.3) is 0 Å². The molecule has 94 valence electrons. The highest BCUT2D eigenvalue weighted by Crippen LogP contribution is 2.27. The summed E-state index contributed by atoms with van der Waals surface area (Å²) < 4.78 is 0.914. The molecule has 0 spiro atoms. The molecule has 1 aromatic heterocycles. The number of fused-ring (bicyclic) bond motifs is 1. The maximum absolute atomic E-state index is 10.7. The van der Waals surface area contributed by atoms with Gasteiger partial charge in [-0.05, 0) is 18.2 Å². The summed E-state index contributed by atoms with van der Waals surface area (Å²) in [6.07, 6.45) is 0. The van der Waals surface area contributed by atoms with Gasteiger partial charge in [-0.3, -0.25) is 10.2 Å². The topological polar surface area (TPSA) is 86.1 Å². The second-order valence-electron chi connectivity index (χ2n) is 3.56. The molecule has 1 aromatic carbocycles. The fourth-order valence-corrected chi connectivity index (χ4v) is 3.11. The zero-order chi connectivity index (χ0) is 13.1. The van der Waals surface area contributed by atoms with Crippen LogP contribution in [0.25, 0.3) is 10.2 Å². The second-order valence-corrected chi connectivity index (χ2v) is 5.66. The normalized spacial score (nSPS) is 10.5. The predicted molar refractivity (Wildman–Crippen MR) is 74.1 cm³/mol. The largest absolute Gasteiger partial charge is 0.508 e. The number of phenolic OH excluding ortho intramolecular Hbond substituents is 1. The molecule has 2 rings (SSSR count). The molecule has 0 atom stereocenters. The number of carbonyl (C=O) groups excluding carboxylic acids is 1. The smallest absolute Gasteiger partial charge is 0.222 e. The van der Waals surface area contributed by atoms with Crippen LogP contribution >= 0.6 is 23.1 Å². The molecule has 0 bridgehead atoms. The molecule has 18 heavy (non-hydrogen) atoms. The lowest BCUT2D eigenvalue weighted by Crippen LogP contribution is -2.24. The van der Waals surface area contributed by atoms with Gasteiger partial charge < -0.3 is 10.4 Å². The summed E-state index contributed by atoms with van der Waals surface area (Å²) in [4.78, 5) is 15.1. The van der Waals surface area contributed by atoms with Gasteiger partial charge in [-0.25, -0.2) is 4.98 Å². The molecular formula is C11H11N3O2S2. The van der Waals surface area contributed by atoms with Crippen molar-refractivity contribution in [2.24, 2.45) is 0 Å². The Hall–Kier alpha value is -1.60. The Morgan fingerprint density at radius 2 is 2.39 bits per heavy atom. The lowest BCUT2D eigenvalue weighted by molar-refractivity contribution is -0.117. The van der Waals surface area contributed by atoms with E-state index in [2.05, 4.69) is 10.3 Å². The number of aromatic hydroxyl groups is 1. The highest BCUT2D eigenvalue weighted by atomic mass is 32.2. The predicted octanol–water partition coefficient (Wildman–Crippen LogP) is 2.31. The third-order valence-corrected chi connectivity index (χ3v) is 4.06. The van der Waals surface area contributed by atoms with Crippen LogP contribution in [0.3, 0.4) is 0 Å². The molecule has 0 aliphatic heterocycles. The quantitative estimate of drug-likeness (QED) is 0.582. The summed E-state index contributed by atoms with van der Waals surface area (Å²) in [6.45, 7) is 1.37. The van der Waals surface area contributed by atoms with Crippen molar-refractivity contribution in [2.75, 3.05) is 0 Å². The molecule has 7 heteroatoms. The number of amides is 1. The van der Waals surface area contributed by atoms with E-state index in [4.69, 9.17) is 5.41 Å². The minimum absolute atomic E-state index is 0.115. The fraction of sp³-hybridized carbons (Fsp3) is 0.182. The van der Waals surface area contributed by atoms with Crippen LogP contribution in [0.5, 0.6) is 5.75 Å². The standard InChI is InChI=1S/C11H11N3O2S2/c1-6(15)13-11(12)17-5-10-14-8-3-2-7(16)4-9(8)18-10/h2-4,16H,5H2,1H3,(H2,12,13,15). The molecular weight excluding hydrogens is 270 g/mol. The summed E-state index contributed by atoms with van der Waals surface area (Å²) in [7, 11) is 0. The van der Waals surface area contributed by atoms with Crippen molar-refractivity contribution in [3.63, 3.8) is 0 Å². The van der Waals surface area contributed by atoms with Crippen molar-refractivity contribution >= 4 is 44.4 Å². The number of nitrogens with zero attached hydrogens (tertiary/aromatic N) is 1. The Kier molecular flexibility index (Phi) is 3.83. The van der Waals surface area contributed by atoms with Crippen LogP contribution in [-0.2, 0) is 10.5 Å². The van der Waals surface area contributed by atoms with Gasteiger partial charge in [0.15, 0.2) is 5.17 Å².